The number of fused-ring (bicyclic) bond motifs is 1. The molecule has 4 heteroatoms. The van der Waals surface area contributed by atoms with Crippen molar-refractivity contribution in [3.8, 4) is 0 Å². The molecule has 0 radical (unpaired) electrons. The first-order valence-electron chi connectivity index (χ1n) is 3.34. The van der Waals surface area contributed by atoms with Crippen molar-refractivity contribution in [2.45, 2.75) is 0 Å². The molecule has 0 fully saturated rings. The van der Waals surface area contributed by atoms with Crippen LogP contribution in [0.3, 0.4) is 0 Å². The molecule has 0 bridgehead atoms. The first-order valence-corrected chi connectivity index (χ1v) is 4.09. The fourth-order valence-corrected chi connectivity index (χ4v) is 1.37. The quantitative estimate of drug-likeness (QED) is 0.651. The Morgan fingerprint density at radius 1 is 1.17 bits per heavy atom. The maximum absolute atomic E-state index is 5.87. The third kappa shape index (κ3) is 1.24. The molecule has 2 nitrogen and oxygen atoms in total. The molecule has 1 aromatic carbocycles. The predicted octanol–water partition coefficient (Wildman–Crippen LogP) is 2.94. The van der Waals surface area contributed by atoms with Crippen molar-refractivity contribution in [3.05, 3.63) is 34.4 Å². The van der Waals surface area contributed by atoms with Crippen molar-refractivity contribution >= 4 is 34.1 Å². The van der Waals surface area contributed by atoms with E-state index in [0.717, 1.165) is 10.9 Å². The van der Waals surface area contributed by atoms with Gasteiger partial charge in [-0.2, -0.15) is 10.2 Å². The van der Waals surface area contributed by atoms with Gasteiger partial charge in [0.15, 0.2) is 0 Å². The third-order valence-corrected chi connectivity index (χ3v) is 2.09. The van der Waals surface area contributed by atoms with Crippen molar-refractivity contribution in [1.29, 1.82) is 0 Å². The lowest BCUT2D eigenvalue weighted by Gasteiger charge is -1.97. The molecule has 0 saturated heterocycles. The maximum atomic E-state index is 5.87. The second kappa shape index (κ2) is 2.88. The van der Waals surface area contributed by atoms with Crippen LogP contribution in [0.25, 0.3) is 10.9 Å². The summed E-state index contributed by atoms with van der Waals surface area (Å²) in [5.41, 5.74) is 0.756. The van der Waals surface area contributed by atoms with E-state index in [0.29, 0.717) is 10.0 Å². The molecule has 1 aromatic heterocycles. The minimum absolute atomic E-state index is 0.572. The molecule has 2 aromatic rings. The summed E-state index contributed by atoms with van der Waals surface area (Å²) in [6.07, 6.45) is 1.50. The van der Waals surface area contributed by atoms with Crippen molar-refractivity contribution in [2.75, 3.05) is 0 Å². The van der Waals surface area contributed by atoms with Crippen LogP contribution >= 0.6 is 23.2 Å². The number of benzene rings is 1. The van der Waals surface area contributed by atoms with Gasteiger partial charge in [-0.3, -0.25) is 0 Å². The number of rotatable bonds is 0. The van der Waals surface area contributed by atoms with E-state index in [4.69, 9.17) is 23.2 Å². The molecule has 0 aliphatic carbocycles. The van der Waals surface area contributed by atoms with Crippen LogP contribution < -0.4 is 0 Å². The summed E-state index contributed by atoms with van der Waals surface area (Å²) < 4.78 is 0. The molecular formula is C8H4Cl2N2. The molecule has 1 heterocycles. The lowest BCUT2D eigenvalue weighted by molar-refractivity contribution is 1.08. The van der Waals surface area contributed by atoms with Crippen LogP contribution in [0.2, 0.25) is 10.0 Å². The van der Waals surface area contributed by atoms with E-state index in [1.807, 2.05) is 0 Å². The van der Waals surface area contributed by atoms with Gasteiger partial charge in [-0.15, -0.1) is 0 Å². The van der Waals surface area contributed by atoms with Gasteiger partial charge in [0, 0.05) is 10.4 Å². The first kappa shape index (κ1) is 7.77. The Bertz CT molecular complexity index is 428. The van der Waals surface area contributed by atoms with Gasteiger partial charge in [0.05, 0.1) is 16.7 Å². The van der Waals surface area contributed by atoms with E-state index in [2.05, 4.69) is 10.2 Å². The van der Waals surface area contributed by atoms with Gasteiger partial charge >= 0.3 is 0 Å². The van der Waals surface area contributed by atoms with Crippen LogP contribution in [-0.2, 0) is 0 Å². The number of hydrogen-bond donors (Lipinski definition) is 0. The molecule has 0 saturated carbocycles. The monoisotopic (exact) mass is 198 g/mol. The fraction of sp³-hybridized carbons (Fsp3) is 0. The smallest absolute Gasteiger partial charge is 0.0945 e. The molecule has 0 atom stereocenters. The van der Waals surface area contributed by atoms with Crippen molar-refractivity contribution < 1.29 is 0 Å². The zero-order valence-corrected chi connectivity index (χ0v) is 7.47. The summed E-state index contributed by atoms with van der Waals surface area (Å²) in [7, 11) is 0. The highest BCUT2D eigenvalue weighted by Gasteiger charge is 2.00. The number of nitrogens with zero attached hydrogens (tertiary/aromatic N) is 2. The Morgan fingerprint density at radius 3 is 2.83 bits per heavy atom. The third-order valence-electron chi connectivity index (χ3n) is 1.55. The topological polar surface area (TPSA) is 25.8 Å². The van der Waals surface area contributed by atoms with Crippen LogP contribution in [0.1, 0.15) is 0 Å². The zero-order chi connectivity index (χ0) is 8.55. The summed E-state index contributed by atoms with van der Waals surface area (Å²) in [5, 5.41) is 9.66. The van der Waals surface area contributed by atoms with Gasteiger partial charge < -0.3 is 0 Å². The van der Waals surface area contributed by atoms with Gasteiger partial charge in [-0.05, 0) is 18.2 Å². The van der Waals surface area contributed by atoms with Crippen LogP contribution in [0.15, 0.2) is 24.4 Å². The largest absolute Gasteiger partial charge is 0.157 e. The molecule has 0 amide bonds. The van der Waals surface area contributed by atoms with E-state index in [-0.39, 0.29) is 0 Å². The summed E-state index contributed by atoms with van der Waals surface area (Å²) >= 11 is 11.7. The van der Waals surface area contributed by atoms with E-state index < -0.39 is 0 Å². The highest BCUT2D eigenvalue weighted by atomic mass is 35.5. The van der Waals surface area contributed by atoms with Crippen molar-refractivity contribution in [3.63, 3.8) is 0 Å². The van der Waals surface area contributed by atoms with Gasteiger partial charge in [0.2, 0.25) is 0 Å². The van der Waals surface area contributed by atoms with Crippen LogP contribution in [0.5, 0.6) is 0 Å². The van der Waals surface area contributed by atoms with Gasteiger partial charge in [-0.25, -0.2) is 0 Å². The Kier molecular flexibility index (Phi) is 1.87. The average Bonchev–Trinajstić information content (AvgIpc) is 2.07. The number of halogens is 2. The molecule has 12 heavy (non-hydrogen) atoms. The SMILES string of the molecule is Clc1ccc2nncc(Cl)c2c1. The molecule has 0 aliphatic rings. The van der Waals surface area contributed by atoms with Crippen molar-refractivity contribution in [1.82, 2.24) is 10.2 Å². The number of hydrogen-bond acceptors (Lipinski definition) is 2. The van der Waals surface area contributed by atoms with Gasteiger partial charge in [-0.1, -0.05) is 23.2 Å². The molecule has 60 valence electrons. The molecule has 2 rings (SSSR count). The minimum Gasteiger partial charge on any atom is -0.157 e. The first-order chi connectivity index (χ1) is 5.77. The molecular weight excluding hydrogens is 195 g/mol. The predicted molar refractivity (Wildman–Crippen MR) is 49.6 cm³/mol. The standard InChI is InChI=1S/C8H4Cl2N2/c9-5-1-2-8-6(3-5)7(10)4-11-12-8/h1-4H. The van der Waals surface area contributed by atoms with Crippen LogP contribution in [-0.4, -0.2) is 10.2 Å². The average molecular weight is 199 g/mol. The molecule has 0 unspecified atom stereocenters. The summed E-state index contributed by atoms with van der Waals surface area (Å²) in [6.45, 7) is 0. The normalized spacial score (nSPS) is 10.5. The van der Waals surface area contributed by atoms with Crippen LogP contribution in [0, 0.1) is 0 Å². The lowest BCUT2D eigenvalue weighted by Crippen LogP contribution is -1.83. The minimum atomic E-state index is 0.572. The second-order valence-electron chi connectivity index (χ2n) is 2.35. The Labute approximate surface area is 79.1 Å². The maximum Gasteiger partial charge on any atom is 0.0945 e. The second-order valence-corrected chi connectivity index (χ2v) is 3.20. The number of aromatic nitrogens is 2. The van der Waals surface area contributed by atoms with Crippen molar-refractivity contribution in [2.24, 2.45) is 0 Å². The highest BCUT2D eigenvalue weighted by molar-refractivity contribution is 6.36. The summed E-state index contributed by atoms with van der Waals surface area (Å²) in [5.74, 6) is 0. The molecule has 0 N–H and O–H groups in total. The van der Waals surface area contributed by atoms with E-state index in [9.17, 15) is 0 Å². The Hall–Kier alpha value is -0.860. The highest BCUT2D eigenvalue weighted by Crippen LogP contribution is 2.23. The Balaban J connectivity index is 2.88. The van der Waals surface area contributed by atoms with Gasteiger partial charge in [0.25, 0.3) is 0 Å². The lowest BCUT2D eigenvalue weighted by atomic mass is 10.2. The summed E-state index contributed by atoms with van der Waals surface area (Å²) in [4.78, 5) is 0. The summed E-state index contributed by atoms with van der Waals surface area (Å²) in [6, 6.07) is 5.32. The van der Waals surface area contributed by atoms with E-state index in [1.54, 1.807) is 18.2 Å². The van der Waals surface area contributed by atoms with E-state index in [1.165, 1.54) is 6.20 Å². The van der Waals surface area contributed by atoms with Gasteiger partial charge in [0.1, 0.15) is 0 Å². The Morgan fingerprint density at radius 2 is 2.00 bits per heavy atom. The van der Waals surface area contributed by atoms with E-state index >= 15 is 0 Å². The molecule has 0 spiro atoms. The van der Waals surface area contributed by atoms with Crippen LogP contribution in [0.4, 0.5) is 0 Å². The zero-order valence-electron chi connectivity index (χ0n) is 5.96. The molecule has 0 aliphatic heterocycles. The fourth-order valence-electron chi connectivity index (χ4n) is 0.998.